The summed E-state index contributed by atoms with van der Waals surface area (Å²) in [7, 11) is -3.75. The molecule has 0 bridgehead atoms. The molecule has 0 unspecified atom stereocenters. The second-order valence-corrected chi connectivity index (χ2v) is 7.45. The Hall–Kier alpha value is -2.40. The first kappa shape index (κ1) is 16.5. The molecule has 1 aromatic heterocycles. The van der Waals surface area contributed by atoms with E-state index in [1.54, 1.807) is 37.3 Å². The van der Waals surface area contributed by atoms with E-state index < -0.39 is 10.0 Å². The number of ketones is 1. The number of carbonyl (C=O) groups is 1. The van der Waals surface area contributed by atoms with Crippen LogP contribution in [0.15, 0.2) is 59.6 Å². The minimum absolute atomic E-state index is 0.0681. The molecule has 0 saturated carbocycles. The lowest BCUT2D eigenvalue weighted by Gasteiger charge is -2.08. The fourth-order valence-electron chi connectivity index (χ4n) is 2.77. The monoisotopic (exact) mass is 341 g/mol. The number of aryl methyl sites for hydroxylation is 1. The normalized spacial score (nSPS) is 11.8. The summed E-state index contributed by atoms with van der Waals surface area (Å²) in [6, 6.07) is 13.9. The number of benzene rings is 2. The lowest BCUT2D eigenvalue weighted by Crippen LogP contribution is -2.12. The van der Waals surface area contributed by atoms with Gasteiger partial charge >= 0.3 is 0 Å². The van der Waals surface area contributed by atoms with Gasteiger partial charge in [0.2, 0.25) is 0 Å². The standard InChI is InChI=1S/C19H19NO3S/c1-3-14-9-11-15(12-10-14)24(22,23)20-13-17(19(21)4-2)16-7-5-6-8-18(16)20/h5-13H,3-4H2,1-2H3. The van der Waals surface area contributed by atoms with E-state index in [1.165, 1.54) is 10.2 Å². The van der Waals surface area contributed by atoms with Gasteiger partial charge in [-0.1, -0.05) is 44.2 Å². The van der Waals surface area contributed by atoms with Gasteiger partial charge in [0, 0.05) is 23.6 Å². The Balaban J connectivity index is 2.22. The molecular weight excluding hydrogens is 322 g/mol. The zero-order chi connectivity index (χ0) is 17.3. The molecule has 0 amide bonds. The van der Waals surface area contributed by atoms with Crippen LogP contribution >= 0.6 is 0 Å². The van der Waals surface area contributed by atoms with Gasteiger partial charge in [-0.15, -0.1) is 0 Å². The first-order valence-electron chi connectivity index (χ1n) is 7.96. The van der Waals surface area contributed by atoms with Crippen molar-refractivity contribution in [1.29, 1.82) is 0 Å². The van der Waals surface area contributed by atoms with Crippen LogP contribution in [0.25, 0.3) is 10.9 Å². The van der Waals surface area contributed by atoms with Crippen LogP contribution in [-0.2, 0) is 16.4 Å². The van der Waals surface area contributed by atoms with Crippen molar-refractivity contribution in [1.82, 2.24) is 3.97 Å². The maximum absolute atomic E-state index is 13.0. The average Bonchev–Trinajstić information content (AvgIpc) is 3.01. The number of hydrogen-bond donors (Lipinski definition) is 0. The van der Waals surface area contributed by atoms with E-state index >= 15 is 0 Å². The van der Waals surface area contributed by atoms with E-state index in [-0.39, 0.29) is 10.7 Å². The van der Waals surface area contributed by atoms with Gasteiger partial charge in [-0.25, -0.2) is 12.4 Å². The van der Waals surface area contributed by atoms with Crippen molar-refractivity contribution in [3.63, 3.8) is 0 Å². The fourth-order valence-corrected chi connectivity index (χ4v) is 4.14. The third-order valence-corrected chi connectivity index (χ3v) is 5.88. The molecule has 3 rings (SSSR count). The fraction of sp³-hybridized carbons (Fsp3) is 0.211. The number of para-hydroxylation sites is 1. The zero-order valence-electron chi connectivity index (χ0n) is 13.7. The molecule has 4 nitrogen and oxygen atoms in total. The molecule has 0 aliphatic heterocycles. The molecule has 5 heteroatoms. The van der Waals surface area contributed by atoms with Crippen molar-refractivity contribution in [2.24, 2.45) is 0 Å². The van der Waals surface area contributed by atoms with Gasteiger partial charge in [0.15, 0.2) is 5.78 Å². The predicted molar refractivity (Wildman–Crippen MR) is 95.0 cm³/mol. The number of nitrogens with zero attached hydrogens (tertiary/aromatic N) is 1. The van der Waals surface area contributed by atoms with E-state index in [2.05, 4.69) is 0 Å². The summed E-state index contributed by atoms with van der Waals surface area (Å²) in [5.41, 5.74) is 2.05. The summed E-state index contributed by atoms with van der Waals surface area (Å²) in [5.74, 6) is -0.0681. The third-order valence-electron chi connectivity index (χ3n) is 4.19. The number of Topliss-reactive ketones (excluding diaryl/α,β-unsaturated/α-hetero) is 1. The van der Waals surface area contributed by atoms with Crippen LogP contribution in [0.2, 0.25) is 0 Å². The molecule has 0 saturated heterocycles. The second kappa shape index (κ2) is 6.24. The Labute approximate surface area is 141 Å². The molecule has 3 aromatic rings. The van der Waals surface area contributed by atoms with Gasteiger partial charge in [0.05, 0.1) is 10.4 Å². The van der Waals surface area contributed by atoms with Gasteiger partial charge in [-0.05, 0) is 30.2 Å². The molecule has 0 aliphatic rings. The van der Waals surface area contributed by atoms with E-state index in [0.29, 0.717) is 22.9 Å². The number of rotatable bonds is 5. The van der Waals surface area contributed by atoms with Crippen molar-refractivity contribution in [2.75, 3.05) is 0 Å². The summed E-state index contributed by atoms with van der Waals surface area (Å²) >= 11 is 0. The molecular formula is C19H19NO3S. The van der Waals surface area contributed by atoms with Crippen molar-refractivity contribution in [3.05, 3.63) is 65.9 Å². The highest BCUT2D eigenvalue weighted by molar-refractivity contribution is 7.90. The highest BCUT2D eigenvalue weighted by atomic mass is 32.2. The average molecular weight is 341 g/mol. The van der Waals surface area contributed by atoms with Crippen molar-refractivity contribution >= 4 is 26.7 Å². The van der Waals surface area contributed by atoms with Crippen LogP contribution in [0, 0.1) is 0 Å². The molecule has 0 aliphatic carbocycles. The summed E-state index contributed by atoms with van der Waals surface area (Å²) in [4.78, 5) is 12.4. The lowest BCUT2D eigenvalue weighted by molar-refractivity contribution is 0.0989. The zero-order valence-corrected chi connectivity index (χ0v) is 14.5. The number of fused-ring (bicyclic) bond motifs is 1. The molecule has 0 fully saturated rings. The number of aromatic nitrogens is 1. The summed E-state index contributed by atoms with van der Waals surface area (Å²) in [6.45, 7) is 3.79. The van der Waals surface area contributed by atoms with Crippen molar-refractivity contribution in [3.8, 4) is 0 Å². The molecule has 0 radical (unpaired) electrons. The quantitative estimate of drug-likeness (QED) is 0.658. The number of carbonyl (C=O) groups excluding carboxylic acids is 1. The molecule has 1 heterocycles. The Morgan fingerprint density at radius 3 is 2.29 bits per heavy atom. The molecule has 2 aromatic carbocycles. The number of hydrogen-bond acceptors (Lipinski definition) is 3. The maximum atomic E-state index is 13.0. The Morgan fingerprint density at radius 1 is 1.00 bits per heavy atom. The highest BCUT2D eigenvalue weighted by Gasteiger charge is 2.22. The molecule has 0 spiro atoms. The van der Waals surface area contributed by atoms with E-state index in [1.807, 2.05) is 25.1 Å². The van der Waals surface area contributed by atoms with E-state index in [0.717, 1.165) is 12.0 Å². The van der Waals surface area contributed by atoms with Crippen LogP contribution < -0.4 is 0 Å². The molecule has 0 N–H and O–H groups in total. The third kappa shape index (κ3) is 2.65. The van der Waals surface area contributed by atoms with E-state index in [9.17, 15) is 13.2 Å². The summed E-state index contributed by atoms with van der Waals surface area (Å²) < 4.78 is 27.3. The van der Waals surface area contributed by atoms with Crippen LogP contribution in [0.5, 0.6) is 0 Å². The minimum Gasteiger partial charge on any atom is -0.294 e. The summed E-state index contributed by atoms with van der Waals surface area (Å²) in [5, 5.41) is 0.665. The Bertz CT molecular complexity index is 999. The largest absolute Gasteiger partial charge is 0.294 e. The summed E-state index contributed by atoms with van der Waals surface area (Å²) in [6.07, 6.45) is 2.63. The van der Waals surface area contributed by atoms with Gasteiger partial charge in [-0.2, -0.15) is 0 Å². The minimum atomic E-state index is -3.75. The van der Waals surface area contributed by atoms with Crippen LogP contribution in [-0.4, -0.2) is 18.2 Å². The first-order chi connectivity index (χ1) is 11.5. The predicted octanol–water partition coefficient (Wildman–Crippen LogP) is 4.03. The van der Waals surface area contributed by atoms with Gasteiger partial charge in [-0.3, -0.25) is 4.79 Å². The van der Waals surface area contributed by atoms with Crippen LogP contribution in [0.1, 0.15) is 36.2 Å². The van der Waals surface area contributed by atoms with Crippen LogP contribution in [0.4, 0.5) is 0 Å². The van der Waals surface area contributed by atoms with Gasteiger partial charge < -0.3 is 0 Å². The van der Waals surface area contributed by atoms with Crippen molar-refractivity contribution in [2.45, 2.75) is 31.6 Å². The first-order valence-corrected chi connectivity index (χ1v) is 9.40. The topological polar surface area (TPSA) is 56.1 Å². The van der Waals surface area contributed by atoms with Crippen molar-refractivity contribution < 1.29 is 13.2 Å². The molecule has 24 heavy (non-hydrogen) atoms. The SMILES string of the molecule is CCC(=O)c1cn(S(=O)(=O)c2ccc(CC)cc2)c2ccccc12. The highest BCUT2D eigenvalue weighted by Crippen LogP contribution is 2.27. The molecule has 124 valence electrons. The second-order valence-electron chi connectivity index (χ2n) is 5.64. The lowest BCUT2D eigenvalue weighted by atomic mass is 10.1. The Morgan fingerprint density at radius 2 is 1.67 bits per heavy atom. The van der Waals surface area contributed by atoms with Crippen LogP contribution in [0.3, 0.4) is 0 Å². The van der Waals surface area contributed by atoms with E-state index in [4.69, 9.17) is 0 Å². The van der Waals surface area contributed by atoms with Gasteiger partial charge in [0.25, 0.3) is 10.0 Å². The molecule has 0 atom stereocenters. The Kier molecular flexibility index (Phi) is 4.28. The van der Waals surface area contributed by atoms with Gasteiger partial charge in [0.1, 0.15) is 0 Å². The smallest absolute Gasteiger partial charge is 0.268 e. The maximum Gasteiger partial charge on any atom is 0.268 e.